The van der Waals surface area contributed by atoms with Crippen molar-refractivity contribution in [2.75, 3.05) is 14.1 Å². The zero-order valence-electron chi connectivity index (χ0n) is 17.1. The fourth-order valence-corrected chi connectivity index (χ4v) is 4.08. The molecule has 2 aromatic rings. The molecular weight excluding hydrogens is 374 g/mol. The normalized spacial score (nSPS) is 12.2. The summed E-state index contributed by atoms with van der Waals surface area (Å²) in [5, 5.41) is 2.86. The molecule has 2 N–H and O–H groups in total. The van der Waals surface area contributed by atoms with Crippen LogP contribution in [0, 0.1) is 0 Å². The molecule has 0 aliphatic carbocycles. The molecule has 0 radical (unpaired) electrons. The number of hydrogen-bond acceptors (Lipinski definition) is 4. The lowest BCUT2D eigenvalue weighted by atomic mass is 10.1. The highest BCUT2D eigenvalue weighted by atomic mass is 32.2. The first-order valence-electron chi connectivity index (χ1n) is 9.11. The van der Waals surface area contributed by atoms with Crippen molar-refractivity contribution in [2.45, 2.75) is 44.3 Å². The van der Waals surface area contributed by atoms with Crippen molar-refractivity contribution in [1.82, 2.24) is 14.9 Å². The summed E-state index contributed by atoms with van der Waals surface area (Å²) in [6.45, 7) is 6.61. The fraction of sp³-hybridized carbons (Fsp3) is 0.381. The standard InChI is InChI=1S/C21H29N3O3S/c1-21(2,3)23-28(26,27)19-12-10-18(11-13-19)20(25)22-14-16-6-8-17(9-7-16)15-24(4)5/h6-13,23H,14-15H2,1-5H3,(H,22,25). The number of benzene rings is 2. The van der Waals surface area contributed by atoms with E-state index in [4.69, 9.17) is 0 Å². The molecule has 2 aromatic carbocycles. The molecular formula is C21H29N3O3S. The minimum absolute atomic E-state index is 0.135. The van der Waals surface area contributed by atoms with Gasteiger partial charge in [0, 0.05) is 24.2 Å². The number of nitrogens with one attached hydrogen (secondary N) is 2. The molecule has 0 unspecified atom stereocenters. The van der Waals surface area contributed by atoms with Gasteiger partial charge in [-0.1, -0.05) is 24.3 Å². The lowest BCUT2D eigenvalue weighted by molar-refractivity contribution is 0.0951. The third kappa shape index (κ3) is 6.74. The van der Waals surface area contributed by atoms with Crippen LogP contribution in [0.1, 0.15) is 42.3 Å². The van der Waals surface area contributed by atoms with Crippen LogP contribution in [0.3, 0.4) is 0 Å². The Morgan fingerprint density at radius 1 is 0.929 bits per heavy atom. The zero-order valence-corrected chi connectivity index (χ0v) is 17.9. The van der Waals surface area contributed by atoms with E-state index < -0.39 is 15.6 Å². The summed E-state index contributed by atoms with van der Waals surface area (Å²) in [7, 11) is 0.422. The van der Waals surface area contributed by atoms with Crippen LogP contribution >= 0.6 is 0 Å². The van der Waals surface area contributed by atoms with Crippen molar-refractivity contribution < 1.29 is 13.2 Å². The molecule has 0 aromatic heterocycles. The van der Waals surface area contributed by atoms with Gasteiger partial charge in [0.25, 0.3) is 5.91 Å². The molecule has 2 rings (SSSR count). The number of amides is 1. The van der Waals surface area contributed by atoms with Gasteiger partial charge in [0.15, 0.2) is 0 Å². The molecule has 1 amide bonds. The van der Waals surface area contributed by atoms with Crippen LogP contribution < -0.4 is 10.0 Å². The third-order valence-corrected chi connectivity index (χ3v) is 5.62. The van der Waals surface area contributed by atoms with E-state index in [-0.39, 0.29) is 10.8 Å². The van der Waals surface area contributed by atoms with Crippen molar-refractivity contribution in [3.05, 3.63) is 65.2 Å². The second kappa shape index (κ2) is 8.86. The Labute approximate surface area is 168 Å². The molecule has 0 spiro atoms. The highest BCUT2D eigenvalue weighted by Gasteiger charge is 2.22. The number of hydrogen-bond donors (Lipinski definition) is 2. The summed E-state index contributed by atoms with van der Waals surface area (Å²) in [5.41, 5.74) is 2.06. The van der Waals surface area contributed by atoms with Crippen LogP contribution in [-0.2, 0) is 23.1 Å². The topological polar surface area (TPSA) is 78.5 Å². The Balaban J connectivity index is 1.98. The minimum atomic E-state index is -3.61. The van der Waals surface area contributed by atoms with Gasteiger partial charge in [0.2, 0.25) is 10.0 Å². The Morgan fingerprint density at radius 2 is 1.46 bits per heavy atom. The first kappa shape index (κ1) is 22.1. The molecule has 0 fully saturated rings. The van der Waals surface area contributed by atoms with E-state index >= 15 is 0 Å². The highest BCUT2D eigenvalue weighted by Crippen LogP contribution is 2.14. The van der Waals surface area contributed by atoms with Gasteiger partial charge in [-0.3, -0.25) is 4.79 Å². The second-order valence-corrected chi connectivity index (χ2v) is 9.80. The van der Waals surface area contributed by atoms with Gasteiger partial charge in [-0.25, -0.2) is 13.1 Å². The molecule has 0 aliphatic rings. The lowest BCUT2D eigenvalue weighted by Gasteiger charge is -2.20. The Kier molecular flexibility index (Phi) is 6.98. The highest BCUT2D eigenvalue weighted by molar-refractivity contribution is 7.89. The average Bonchev–Trinajstić information content (AvgIpc) is 2.58. The third-order valence-electron chi connectivity index (χ3n) is 3.84. The van der Waals surface area contributed by atoms with Gasteiger partial charge in [-0.05, 0) is 70.3 Å². The predicted octanol–water partition coefficient (Wildman–Crippen LogP) is 2.76. The van der Waals surface area contributed by atoms with Crippen LogP contribution in [-0.4, -0.2) is 38.9 Å². The first-order chi connectivity index (χ1) is 13.0. The molecule has 0 atom stereocenters. The number of rotatable bonds is 7. The maximum Gasteiger partial charge on any atom is 0.251 e. The quantitative estimate of drug-likeness (QED) is 0.745. The number of carbonyl (C=O) groups excluding carboxylic acids is 1. The van der Waals surface area contributed by atoms with Crippen LogP contribution in [0.5, 0.6) is 0 Å². The van der Waals surface area contributed by atoms with Crippen LogP contribution in [0.2, 0.25) is 0 Å². The first-order valence-corrected chi connectivity index (χ1v) is 10.6. The van der Waals surface area contributed by atoms with Crippen LogP contribution in [0.15, 0.2) is 53.4 Å². The van der Waals surface area contributed by atoms with E-state index in [0.29, 0.717) is 12.1 Å². The second-order valence-electron chi connectivity index (χ2n) is 8.12. The summed E-state index contributed by atoms with van der Waals surface area (Å²) in [6.07, 6.45) is 0. The van der Waals surface area contributed by atoms with Gasteiger partial charge >= 0.3 is 0 Å². The molecule has 0 saturated carbocycles. The van der Waals surface area contributed by atoms with Crippen LogP contribution in [0.25, 0.3) is 0 Å². The minimum Gasteiger partial charge on any atom is -0.348 e. The molecule has 0 saturated heterocycles. The maximum absolute atomic E-state index is 12.3. The SMILES string of the molecule is CN(C)Cc1ccc(CNC(=O)c2ccc(S(=O)(=O)NC(C)(C)C)cc2)cc1. The number of carbonyl (C=O) groups is 1. The van der Waals surface area contributed by atoms with Gasteiger partial charge < -0.3 is 10.2 Å². The van der Waals surface area contributed by atoms with Crippen molar-refractivity contribution in [3.63, 3.8) is 0 Å². The average molecular weight is 404 g/mol. The smallest absolute Gasteiger partial charge is 0.251 e. The summed E-state index contributed by atoms with van der Waals surface area (Å²) in [6, 6.07) is 14.0. The van der Waals surface area contributed by atoms with E-state index in [9.17, 15) is 13.2 Å². The summed E-state index contributed by atoms with van der Waals surface area (Å²) in [4.78, 5) is 14.6. The van der Waals surface area contributed by atoms with E-state index in [2.05, 4.69) is 14.9 Å². The van der Waals surface area contributed by atoms with Crippen molar-refractivity contribution in [1.29, 1.82) is 0 Å². The molecule has 0 heterocycles. The van der Waals surface area contributed by atoms with Gasteiger partial charge in [0.05, 0.1) is 4.90 Å². The molecule has 0 aliphatic heterocycles. The Bertz CT molecular complexity index is 897. The monoisotopic (exact) mass is 403 g/mol. The molecule has 28 heavy (non-hydrogen) atoms. The van der Waals surface area contributed by atoms with E-state index in [0.717, 1.165) is 12.1 Å². The van der Waals surface area contributed by atoms with E-state index in [1.165, 1.54) is 29.8 Å². The maximum atomic E-state index is 12.3. The van der Waals surface area contributed by atoms with Crippen molar-refractivity contribution in [3.8, 4) is 0 Å². The number of nitrogens with zero attached hydrogens (tertiary/aromatic N) is 1. The largest absolute Gasteiger partial charge is 0.348 e. The van der Waals surface area contributed by atoms with Gasteiger partial charge in [-0.2, -0.15) is 0 Å². The zero-order chi connectivity index (χ0) is 20.9. The number of sulfonamides is 1. The van der Waals surface area contributed by atoms with E-state index in [1.807, 2.05) is 38.4 Å². The molecule has 0 bridgehead atoms. The summed E-state index contributed by atoms with van der Waals surface area (Å²) in [5.74, 6) is -0.245. The Morgan fingerprint density at radius 3 is 1.96 bits per heavy atom. The Hall–Kier alpha value is -2.22. The summed E-state index contributed by atoms with van der Waals surface area (Å²) >= 11 is 0. The fourth-order valence-electron chi connectivity index (χ4n) is 2.66. The van der Waals surface area contributed by atoms with Crippen molar-refractivity contribution >= 4 is 15.9 Å². The van der Waals surface area contributed by atoms with Gasteiger partial charge in [0.1, 0.15) is 0 Å². The predicted molar refractivity (Wildman–Crippen MR) is 112 cm³/mol. The molecule has 152 valence electrons. The van der Waals surface area contributed by atoms with Gasteiger partial charge in [-0.15, -0.1) is 0 Å². The van der Waals surface area contributed by atoms with Crippen molar-refractivity contribution in [2.24, 2.45) is 0 Å². The van der Waals surface area contributed by atoms with E-state index in [1.54, 1.807) is 20.8 Å². The lowest BCUT2D eigenvalue weighted by Crippen LogP contribution is -2.40. The summed E-state index contributed by atoms with van der Waals surface area (Å²) < 4.78 is 27.2. The molecule has 7 heteroatoms. The molecule has 6 nitrogen and oxygen atoms in total. The van der Waals surface area contributed by atoms with Crippen LogP contribution in [0.4, 0.5) is 0 Å².